The number of allylic oxidation sites excluding steroid dienone is 1. The molecule has 0 aliphatic rings. The smallest absolute Gasteiger partial charge is 0.312 e. The topological polar surface area (TPSA) is 128 Å². The van der Waals surface area contributed by atoms with Crippen LogP contribution in [0.4, 0.5) is 27.8 Å². The number of pyridine rings is 1. The number of imidazole rings is 1. The summed E-state index contributed by atoms with van der Waals surface area (Å²) < 4.78 is 68.6. The van der Waals surface area contributed by atoms with Gasteiger partial charge in [-0.05, 0) is 26.0 Å². The summed E-state index contributed by atoms with van der Waals surface area (Å²) in [6, 6.07) is -0.218. The third kappa shape index (κ3) is 5.11. The van der Waals surface area contributed by atoms with Crippen molar-refractivity contribution in [1.82, 2.24) is 29.1 Å². The monoisotopic (exact) mass is 555 g/mol. The minimum Gasteiger partial charge on any atom is -0.312 e. The number of carbonyl (C=O) groups excluding carboxylic acids is 1. The van der Waals surface area contributed by atoms with Crippen LogP contribution in [0.5, 0.6) is 0 Å². The fourth-order valence-corrected chi connectivity index (χ4v) is 4.26. The fourth-order valence-electron chi connectivity index (χ4n) is 3.52. The van der Waals surface area contributed by atoms with Crippen molar-refractivity contribution in [2.24, 2.45) is 0 Å². The second-order valence-corrected chi connectivity index (χ2v) is 9.05. The molecule has 16 heteroatoms. The third-order valence-electron chi connectivity index (χ3n) is 5.57. The van der Waals surface area contributed by atoms with E-state index in [0.29, 0.717) is 6.08 Å². The highest BCUT2D eigenvalue weighted by Gasteiger charge is 2.34. The Kier molecular flexibility index (Phi) is 6.77. The van der Waals surface area contributed by atoms with Crippen LogP contribution in [0.25, 0.3) is 21.7 Å². The number of nitrogens with one attached hydrogen (secondary N) is 2. The van der Waals surface area contributed by atoms with Gasteiger partial charge in [0.2, 0.25) is 5.91 Å². The fraction of sp³-hybridized carbons (Fsp3) is 0.273. The number of carbonyl (C=O) groups is 1. The molecule has 0 fully saturated rings. The SMILES string of the molecule is C=CC(F)(F)Cn1c(=O)[nH]c2ncn([C@@H](C)C(=O)Nc3csc(-c4cnc(C)c(C(F)(F)F)c4)n3)c2c1=O. The van der Waals surface area contributed by atoms with Crippen LogP contribution < -0.4 is 16.6 Å². The van der Waals surface area contributed by atoms with Crippen LogP contribution in [0.3, 0.4) is 0 Å². The number of H-pyrrole nitrogens is 1. The second kappa shape index (κ2) is 9.59. The number of thiazole rings is 1. The van der Waals surface area contributed by atoms with E-state index in [1.807, 2.05) is 0 Å². The molecule has 10 nitrogen and oxygen atoms in total. The summed E-state index contributed by atoms with van der Waals surface area (Å²) in [6.07, 6.45) is -1.98. The number of amides is 1. The number of hydrogen-bond acceptors (Lipinski definition) is 7. The van der Waals surface area contributed by atoms with Gasteiger partial charge >= 0.3 is 11.9 Å². The summed E-state index contributed by atoms with van der Waals surface area (Å²) in [5.74, 6) is -4.22. The maximum atomic E-state index is 13.8. The summed E-state index contributed by atoms with van der Waals surface area (Å²) in [6.45, 7) is 4.33. The molecule has 0 unspecified atom stereocenters. The van der Waals surface area contributed by atoms with E-state index in [0.717, 1.165) is 28.3 Å². The maximum absolute atomic E-state index is 13.8. The molecule has 0 saturated heterocycles. The highest BCUT2D eigenvalue weighted by Crippen LogP contribution is 2.35. The number of alkyl halides is 5. The van der Waals surface area contributed by atoms with E-state index in [2.05, 4.69) is 31.8 Å². The van der Waals surface area contributed by atoms with E-state index in [1.54, 1.807) is 0 Å². The Hall–Kier alpha value is -4.21. The Morgan fingerprint density at radius 1 is 1.26 bits per heavy atom. The summed E-state index contributed by atoms with van der Waals surface area (Å²) in [4.78, 5) is 52.0. The third-order valence-corrected chi connectivity index (χ3v) is 6.46. The number of fused-ring (bicyclic) bond motifs is 1. The molecule has 200 valence electrons. The lowest BCUT2D eigenvalue weighted by Gasteiger charge is -2.15. The molecular formula is C22H18F5N7O3S. The first-order valence-corrected chi connectivity index (χ1v) is 11.6. The zero-order chi connectivity index (χ0) is 28.0. The van der Waals surface area contributed by atoms with Gasteiger partial charge in [-0.25, -0.2) is 23.5 Å². The van der Waals surface area contributed by atoms with Crippen LogP contribution in [0.2, 0.25) is 0 Å². The van der Waals surface area contributed by atoms with Gasteiger partial charge in [0.1, 0.15) is 16.9 Å². The van der Waals surface area contributed by atoms with Gasteiger partial charge in [-0.2, -0.15) is 13.2 Å². The van der Waals surface area contributed by atoms with Gasteiger partial charge in [0, 0.05) is 22.8 Å². The molecule has 0 spiro atoms. The van der Waals surface area contributed by atoms with E-state index in [9.17, 15) is 36.3 Å². The van der Waals surface area contributed by atoms with Gasteiger partial charge < -0.3 is 9.88 Å². The molecule has 4 rings (SSSR count). The predicted molar refractivity (Wildman–Crippen MR) is 128 cm³/mol. The molecule has 0 aliphatic heterocycles. The van der Waals surface area contributed by atoms with Gasteiger partial charge in [-0.15, -0.1) is 11.3 Å². The van der Waals surface area contributed by atoms with E-state index in [4.69, 9.17) is 0 Å². The molecule has 4 aromatic heterocycles. The number of rotatable bonds is 7. The van der Waals surface area contributed by atoms with Crippen molar-refractivity contribution in [1.29, 1.82) is 0 Å². The molecule has 38 heavy (non-hydrogen) atoms. The summed E-state index contributed by atoms with van der Waals surface area (Å²) in [5, 5.41) is 4.06. The first kappa shape index (κ1) is 26.8. The molecule has 0 saturated carbocycles. The summed E-state index contributed by atoms with van der Waals surface area (Å²) in [5.41, 5.74) is -3.71. The minimum atomic E-state index is -4.60. The maximum Gasteiger partial charge on any atom is 0.418 e. The Morgan fingerprint density at radius 3 is 2.63 bits per heavy atom. The second-order valence-electron chi connectivity index (χ2n) is 8.19. The van der Waals surface area contributed by atoms with Crippen molar-refractivity contribution in [3.63, 3.8) is 0 Å². The Morgan fingerprint density at radius 2 is 1.97 bits per heavy atom. The first-order chi connectivity index (χ1) is 17.7. The van der Waals surface area contributed by atoms with Gasteiger partial charge in [-0.1, -0.05) is 6.58 Å². The lowest BCUT2D eigenvalue weighted by Crippen LogP contribution is -2.41. The lowest BCUT2D eigenvalue weighted by atomic mass is 10.1. The number of aryl methyl sites for hydroxylation is 1. The number of aromatic nitrogens is 6. The number of hydrogen-bond donors (Lipinski definition) is 2. The molecule has 0 bridgehead atoms. The number of anilines is 1. The normalized spacial score (nSPS) is 13.0. The van der Waals surface area contributed by atoms with Crippen molar-refractivity contribution < 1.29 is 26.7 Å². The summed E-state index contributed by atoms with van der Waals surface area (Å²) in [7, 11) is 0. The van der Waals surface area contributed by atoms with Crippen molar-refractivity contribution in [3.05, 3.63) is 68.7 Å². The molecule has 0 radical (unpaired) electrons. The van der Waals surface area contributed by atoms with Crippen molar-refractivity contribution >= 4 is 34.2 Å². The Balaban J connectivity index is 1.61. The van der Waals surface area contributed by atoms with Crippen molar-refractivity contribution in [2.75, 3.05) is 5.32 Å². The largest absolute Gasteiger partial charge is 0.418 e. The molecule has 0 aromatic carbocycles. The average molecular weight is 555 g/mol. The van der Waals surface area contributed by atoms with E-state index >= 15 is 0 Å². The predicted octanol–water partition coefficient (Wildman–Crippen LogP) is 3.75. The molecule has 0 aliphatic carbocycles. The van der Waals surface area contributed by atoms with Crippen LogP contribution in [0, 0.1) is 6.92 Å². The van der Waals surface area contributed by atoms with Gasteiger partial charge in [0.25, 0.3) is 11.5 Å². The first-order valence-electron chi connectivity index (χ1n) is 10.7. The number of aromatic amines is 1. The van der Waals surface area contributed by atoms with Gasteiger partial charge in [0.05, 0.1) is 18.4 Å². The van der Waals surface area contributed by atoms with E-state index in [-0.39, 0.29) is 37.8 Å². The quantitative estimate of drug-likeness (QED) is 0.264. The zero-order valence-electron chi connectivity index (χ0n) is 19.6. The van der Waals surface area contributed by atoms with Crippen LogP contribution >= 0.6 is 11.3 Å². The number of nitrogens with zero attached hydrogens (tertiary/aromatic N) is 5. The van der Waals surface area contributed by atoms with Crippen LogP contribution in [0.15, 0.2) is 46.2 Å². The highest BCUT2D eigenvalue weighted by molar-refractivity contribution is 7.13. The van der Waals surface area contributed by atoms with Gasteiger partial charge in [-0.3, -0.25) is 24.1 Å². The lowest BCUT2D eigenvalue weighted by molar-refractivity contribution is -0.138. The van der Waals surface area contributed by atoms with E-state index in [1.165, 1.54) is 25.4 Å². The highest BCUT2D eigenvalue weighted by atomic mass is 32.1. The minimum absolute atomic E-state index is 0.0249. The number of halogens is 5. The molecule has 1 atom stereocenters. The standard InChI is InChI=1S/C22H18F5N7O3S/c1-4-21(23,24)8-33-19(36)15-16(32-20(33)37)29-9-34(15)11(3)17(35)30-14-7-38-18(31-14)12-5-13(22(25,26)27)10(2)28-6-12/h4-7,9,11H,1,8H2,2-3H3,(H,30,35)(H,32,37)/t11-/m0/s1. The molecule has 2 N–H and O–H groups in total. The zero-order valence-corrected chi connectivity index (χ0v) is 20.5. The van der Waals surface area contributed by atoms with Crippen LogP contribution in [-0.4, -0.2) is 40.9 Å². The van der Waals surface area contributed by atoms with Crippen molar-refractivity contribution in [2.45, 2.75) is 38.5 Å². The van der Waals surface area contributed by atoms with Crippen LogP contribution in [0.1, 0.15) is 24.2 Å². The van der Waals surface area contributed by atoms with Crippen molar-refractivity contribution in [3.8, 4) is 10.6 Å². The summed E-state index contributed by atoms with van der Waals surface area (Å²) >= 11 is 0.970. The van der Waals surface area contributed by atoms with E-state index < -0.39 is 47.4 Å². The molecule has 4 aromatic rings. The molecule has 1 amide bonds. The molecule has 4 heterocycles. The Bertz CT molecular complexity index is 1670. The van der Waals surface area contributed by atoms with Gasteiger partial charge in [0.15, 0.2) is 11.2 Å². The Labute approximate surface area is 213 Å². The van der Waals surface area contributed by atoms with Crippen LogP contribution in [-0.2, 0) is 17.5 Å². The average Bonchev–Trinajstić information content (AvgIpc) is 3.48. The molecular weight excluding hydrogens is 537 g/mol.